The predicted octanol–water partition coefficient (Wildman–Crippen LogP) is 3.69. The SMILES string of the molecule is CC(NCc1nc(CNC(=O)c2ccccc2)no1)C12CC3CC(CC(C3)C1)C2. The Hall–Kier alpha value is -2.21. The molecule has 1 aromatic carbocycles. The zero-order valence-corrected chi connectivity index (χ0v) is 17.1. The van der Waals surface area contributed by atoms with Gasteiger partial charge < -0.3 is 15.2 Å². The van der Waals surface area contributed by atoms with Crippen LogP contribution in [0.4, 0.5) is 0 Å². The third-order valence-electron chi connectivity index (χ3n) is 7.52. The standard InChI is InChI=1S/C23H30N4O2/c1-15(23-10-16-7-17(11-23)9-18(8-16)12-23)24-14-21-26-20(27-29-21)13-25-22(28)19-5-3-2-4-6-19/h2-6,15-18,24H,7-14H2,1H3,(H,25,28). The van der Waals surface area contributed by atoms with Crippen LogP contribution in [-0.4, -0.2) is 22.1 Å². The average Bonchev–Trinajstić information content (AvgIpc) is 3.18. The Balaban J connectivity index is 1.13. The molecule has 1 atom stereocenters. The van der Waals surface area contributed by atoms with E-state index in [2.05, 4.69) is 27.7 Å². The fourth-order valence-electron chi connectivity index (χ4n) is 6.45. The molecule has 154 valence electrons. The van der Waals surface area contributed by atoms with Crippen molar-refractivity contribution >= 4 is 5.91 Å². The van der Waals surface area contributed by atoms with Gasteiger partial charge in [-0.25, -0.2) is 0 Å². The molecule has 1 unspecified atom stereocenters. The molecule has 0 spiro atoms. The van der Waals surface area contributed by atoms with Crippen molar-refractivity contribution < 1.29 is 9.32 Å². The second kappa shape index (κ2) is 7.56. The van der Waals surface area contributed by atoms with Gasteiger partial charge in [0.1, 0.15) is 0 Å². The fraction of sp³-hybridized carbons (Fsp3) is 0.609. The van der Waals surface area contributed by atoms with E-state index in [4.69, 9.17) is 4.52 Å². The monoisotopic (exact) mass is 394 g/mol. The van der Waals surface area contributed by atoms with Crippen molar-refractivity contribution in [2.75, 3.05) is 0 Å². The van der Waals surface area contributed by atoms with Crippen LogP contribution in [0.1, 0.15) is 67.5 Å². The normalized spacial score (nSPS) is 31.0. The van der Waals surface area contributed by atoms with Crippen molar-refractivity contribution in [3.8, 4) is 0 Å². The van der Waals surface area contributed by atoms with Crippen LogP contribution < -0.4 is 10.6 Å². The first kappa shape index (κ1) is 18.8. The number of aromatic nitrogens is 2. The van der Waals surface area contributed by atoms with Gasteiger partial charge in [-0.1, -0.05) is 23.4 Å². The second-order valence-electron chi connectivity index (χ2n) is 9.54. The molecule has 29 heavy (non-hydrogen) atoms. The summed E-state index contributed by atoms with van der Waals surface area (Å²) in [6, 6.07) is 9.61. The highest BCUT2D eigenvalue weighted by Crippen LogP contribution is 2.61. The van der Waals surface area contributed by atoms with E-state index in [1.807, 2.05) is 18.2 Å². The summed E-state index contributed by atoms with van der Waals surface area (Å²) in [6.45, 7) is 3.19. The maximum atomic E-state index is 12.1. The smallest absolute Gasteiger partial charge is 0.251 e. The van der Waals surface area contributed by atoms with Crippen LogP contribution in [-0.2, 0) is 13.1 Å². The molecule has 6 nitrogen and oxygen atoms in total. The van der Waals surface area contributed by atoms with Gasteiger partial charge in [0.15, 0.2) is 5.82 Å². The second-order valence-corrected chi connectivity index (χ2v) is 9.54. The Labute approximate surface area is 171 Å². The lowest BCUT2D eigenvalue weighted by molar-refractivity contribution is -0.0709. The molecule has 2 aromatic rings. The molecule has 4 aliphatic carbocycles. The number of amides is 1. The van der Waals surface area contributed by atoms with Crippen LogP contribution in [0.5, 0.6) is 0 Å². The molecule has 0 aliphatic heterocycles. The highest BCUT2D eigenvalue weighted by molar-refractivity contribution is 5.93. The van der Waals surface area contributed by atoms with Crippen LogP contribution in [0, 0.1) is 23.2 Å². The number of carbonyl (C=O) groups is 1. The summed E-state index contributed by atoms with van der Waals surface area (Å²) in [4.78, 5) is 16.6. The lowest BCUT2D eigenvalue weighted by atomic mass is 9.48. The van der Waals surface area contributed by atoms with Gasteiger partial charge in [-0.05, 0) is 80.8 Å². The van der Waals surface area contributed by atoms with Crippen LogP contribution in [0.25, 0.3) is 0 Å². The van der Waals surface area contributed by atoms with E-state index in [1.165, 1.54) is 38.5 Å². The number of hydrogen-bond donors (Lipinski definition) is 2. The van der Waals surface area contributed by atoms with Crippen LogP contribution in [0.2, 0.25) is 0 Å². The van der Waals surface area contributed by atoms with Crippen LogP contribution in [0.15, 0.2) is 34.9 Å². The van der Waals surface area contributed by atoms with Crippen molar-refractivity contribution in [1.82, 2.24) is 20.8 Å². The zero-order valence-electron chi connectivity index (χ0n) is 17.1. The van der Waals surface area contributed by atoms with Gasteiger partial charge in [0.25, 0.3) is 5.91 Å². The van der Waals surface area contributed by atoms with Gasteiger partial charge in [0, 0.05) is 11.6 Å². The first-order valence-electron chi connectivity index (χ1n) is 11.0. The third kappa shape index (κ3) is 3.82. The highest BCUT2D eigenvalue weighted by atomic mass is 16.5. The Bertz CT molecular complexity index is 827. The summed E-state index contributed by atoms with van der Waals surface area (Å²) in [5.41, 5.74) is 1.09. The van der Waals surface area contributed by atoms with Crippen molar-refractivity contribution in [3.63, 3.8) is 0 Å². The van der Waals surface area contributed by atoms with Gasteiger partial charge in [-0.2, -0.15) is 4.98 Å². The molecule has 4 aliphatic rings. The number of rotatable bonds is 7. The van der Waals surface area contributed by atoms with E-state index < -0.39 is 0 Å². The van der Waals surface area contributed by atoms with E-state index in [0.717, 1.165) is 17.8 Å². The quantitative estimate of drug-likeness (QED) is 0.749. The maximum absolute atomic E-state index is 12.1. The molecule has 0 radical (unpaired) electrons. The molecule has 1 aromatic heterocycles. The summed E-state index contributed by atoms with van der Waals surface area (Å²) in [5.74, 6) is 3.82. The Kier molecular flexibility index (Phi) is 4.90. The zero-order chi connectivity index (χ0) is 19.8. The van der Waals surface area contributed by atoms with Gasteiger partial charge >= 0.3 is 0 Å². The lowest BCUT2D eigenvalue weighted by Gasteiger charge is -2.59. The first-order chi connectivity index (χ1) is 14.1. The van der Waals surface area contributed by atoms with Crippen LogP contribution in [0.3, 0.4) is 0 Å². The molecule has 2 N–H and O–H groups in total. The third-order valence-corrected chi connectivity index (χ3v) is 7.52. The van der Waals surface area contributed by atoms with Crippen molar-refractivity contribution in [2.24, 2.45) is 23.2 Å². The summed E-state index contributed by atoms with van der Waals surface area (Å²) in [6.07, 6.45) is 8.55. The number of benzene rings is 1. The average molecular weight is 395 g/mol. The van der Waals surface area contributed by atoms with Crippen molar-refractivity contribution in [1.29, 1.82) is 0 Å². The van der Waals surface area contributed by atoms with E-state index >= 15 is 0 Å². The minimum atomic E-state index is -0.134. The lowest BCUT2D eigenvalue weighted by Crippen LogP contribution is -2.54. The van der Waals surface area contributed by atoms with Gasteiger partial charge in [0.05, 0.1) is 13.1 Å². The molecular weight excluding hydrogens is 364 g/mol. The van der Waals surface area contributed by atoms with E-state index in [9.17, 15) is 4.79 Å². The van der Waals surface area contributed by atoms with Gasteiger partial charge in [-0.3, -0.25) is 4.79 Å². The molecule has 1 amide bonds. The Morgan fingerprint density at radius 2 is 1.76 bits per heavy atom. The van der Waals surface area contributed by atoms with Gasteiger partial charge in [0.2, 0.25) is 5.89 Å². The molecule has 4 saturated carbocycles. The highest BCUT2D eigenvalue weighted by Gasteiger charge is 2.52. The fourth-order valence-corrected chi connectivity index (χ4v) is 6.45. The summed E-state index contributed by atoms with van der Waals surface area (Å²) < 4.78 is 5.40. The number of hydrogen-bond acceptors (Lipinski definition) is 5. The van der Waals surface area contributed by atoms with Crippen molar-refractivity contribution in [3.05, 3.63) is 47.6 Å². The molecular formula is C23H30N4O2. The van der Waals surface area contributed by atoms with Crippen molar-refractivity contribution in [2.45, 2.75) is 64.6 Å². The minimum absolute atomic E-state index is 0.134. The summed E-state index contributed by atoms with van der Waals surface area (Å²) in [5, 5.41) is 10.5. The molecule has 4 fully saturated rings. The topological polar surface area (TPSA) is 80.0 Å². The molecule has 0 saturated heterocycles. The van der Waals surface area contributed by atoms with E-state index in [-0.39, 0.29) is 12.5 Å². The number of nitrogens with zero attached hydrogens (tertiary/aromatic N) is 2. The van der Waals surface area contributed by atoms with Gasteiger partial charge in [-0.15, -0.1) is 0 Å². The molecule has 6 rings (SSSR count). The van der Waals surface area contributed by atoms with Crippen LogP contribution >= 0.6 is 0 Å². The predicted molar refractivity (Wildman–Crippen MR) is 109 cm³/mol. The minimum Gasteiger partial charge on any atom is -0.345 e. The maximum Gasteiger partial charge on any atom is 0.251 e. The first-order valence-corrected chi connectivity index (χ1v) is 11.0. The largest absolute Gasteiger partial charge is 0.345 e. The molecule has 6 heteroatoms. The number of carbonyl (C=O) groups excluding carboxylic acids is 1. The number of nitrogens with one attached hydrogen (secondary N) is 2. The molecule has 4 bridgehead atoms. The van der Waals surface area contributed by atoms with E-state index in [0.29, 0.717) is 35.3 Å². The Morgan fingerprint density at radius 3 is 2.41 bits per heavy atom. The van der Waals surface area contributed by atoms with E-state index in [1.54, 1.807) is 12.1 Å². The summed E-state index contributed by atoms with van der Waals surface area (Å²) >= 11 is 0. The summed E-state index contributed by atoms with van der Waals surface area (Å²) in [7, 11) is 0. The molecule has 1 heterocycles. The Morgan fingerprint density at radius 1 is 1.10 bits per heavy atom.